The van der Waals surface area contributed by atoms with E-state index in [2.05, 4.69) is 15.6 Å². The Labute approximate surface area is 163 Å². The number of amides is 1. The minimum atomic E-state index is -0.517. The monoisotopic (exact) mass is 385 g/mol. The van der Waals surface area contributed by atoms with Crippen molar-refractivity contribution in [1.29, 1.82) is 0 Å². The third-order valence-electron chi connectivity index (χ3n) is 4.47. The van der Waals surface area contributed by atoms with Crippen LogP contribution in [0.2, 0.25) is 0 Å². The molecule has 0 radical (unpaired) electrons. The van der Waals surface area contributed by atoms with Gasteiger partial charge in [0.05, 0.1) is 27.0 Å². The average Bonchev–Trinajstić information content (AvgIpc) is 3.57. The second-order valence-corrected chi connectivity index (χ2v) is 6.40. The van der Waals surface area contributed by atoms with Crippen molar-refractivity contribution in [3.63, 3.8) is 0 Å². The summed E-state index contributed by atoms with van der Waals surface area (Å²) in [5.41, 5.74) is 1.66. The van der Waals surface area contributed by atoms with Crippen LogP contribution in [0.1, 0.15) is 28.8 Å². The number of pyridine rings is 1. The van der Waals surface area contributed by atoms with Crippen molar-refractivity contribution in [3.8, 4) is 11.5 Å². The number of rotatable bonds is 8. The van der Waals surface area contributed by atoms with Crippen LogP contribution in [0.3, 0.4) is 0 Å². The van der Waals surface area contributed by atoms with E-state index in [1.807, 2.05) is 12.1 Å². The Morgan fingerprint density at radius 1 is 1.14 bits per heavy atom. The Balaban J connectivity index is 1.81. The predicted molar refractivity (Wildman–Crippen MR) is 104 cm³/mol. The maximum Gasteiger partial charge on any atom is 0.341 e. The SMILES string of the molecule is COC(=O)c1cnc(NC(=O)C2CC2)cc1NCc1ccc(OC)cc1OC. The number of hydrogen-bond acceptors (Lipinski definition) is 7. The quantitative estimate of drug-likeness (QED) is 0.674. The van der Waals surface area contributed by atoms with E-state index in [0.29, 0.717) is 29.5 Å². The number of benzene rings is 1. The van der Waals surface area contributed by atoms with E-state index in [-0.39, 0.29) is 17.4 Å². The first-order chi connectivity index (χ1) is 13.5. The number of methoxy groups -OCH3 is 3. The summed E-state index contributed by atoms with van der Waals surface area (Å²) in [6, 6.07) is 7.11. The summed E-state index contributed by atoms with van der Waals surface area (Å²) in [5.74, 6) is 1.21. The molecule has 8 nitrogen and oxygen atoms in total. The summed E-state index contributed by atoms with van der Waals surface area (Å²) in [5, 5.41) is 5.98. The third-order valence-corrected chi connectivity index (χ3v) is 4.47. The van der Waals surface area contributed by atoms with E-state index in [4.69, 9.17) is 14.2 Å². The second-order valence-electron chi connectivity index (χ2n) is 6.40. The number of carbonyl (C=O) groups excluding carboxylic acids is 2. The molecule has 2 aromatic rings. The number of nitrogens with zero attached hydrogens (tertiary/aromatic N) is 1. The van der Waals surface area contributed by atoms with Gasteiger partial charge in [-0.05, 0) is 25.0 Å². The number of anilines is 2. The number of aromatic nitrogens is 1. The fourth-order valence-corrected chi connectivity index (χ4v) is 2.70. The van der Waals surface area contributed by atoms with Crippen LogP contribution in [-0.4, -0.2) is 38.2 Å². The number of hydrogen-bond donors (Lipinski definition) is 2. The van der Waals surface area contributed by atoms with E-state index >= 15 is 0 Å². The van der Waals surface area contributed by atoms with E-state index < -0.39 is 5.97 Å². The normalized spacial score (nSPS) is 12.8. The number of ether oxygens (including phenoxy) is 3. The minimum absolute atomic E-state index is 0.0545. The molecular weight excluding hydrogens is 362 g/mol. The van der Waals surface area contributed by atoms with Gasteiger partial charge in [-0.15, -0.1) is 0 Å². The highest BCUT2D eigenvalue weighted by Crippen LogP contribution is 2.31. The zero-order valence-corrected chi connectivity index (χ0v) is 16.1. The van der Waals surface area contributed by atoms with Crippen molar-refractivity contribution in [2.45, 2.75) is 19.4 Å². The summed E-state index contributed by atoms with van der Waals surface area (Å²) >= 11 is 0. The molecule has 1 saturated carbocycles. The molecule has 0 saturated heterocycles. The van der Waals surface area contributed by atoms with Gasteiger partial charge < -0.3 is 24.8 Å². The average molecular weight is 385 g/mol. The zero-order valence-electron chi connectivity index (χ0n) is 16.1. The molecule has 0 spiro atoms. The molecule has 0 unspecified atom stereocenters. The second kappa shape index (κ2) is 8.60. The molecule has 0 atom stereocenters. The molecule has 1 aliphatic carbocycles. The van der Waals surface area contributed by atoms with Crippen molar-refractivity contribution in [2.24, 2.45) is 5.92 Å². The van der Waals surface area contributed by atoms with Crippen molar-refractivity contribution in [3.05, 3.63) is 41.6 Å². The number of esters is 1. The van der Waals surface area contributed by atoms with Crippen LogP contribution < -0.4 is 20.1 Å². The Bertz CT molecular complexity index is 880. The molecule has 28 heavy (non-hydrogen) atoms. The Kier molecular flexibility index (Phi) is 5.98. The first-order valence-electron chi connectivity index (χ1n) is 8.89. The molecule has 0 bridgehead atoms. The summed E-state index contributed by atoms with van der Waals surface area (Å²) in [4.78, 5) is 28.2. The molecule has 3 rings (SSSR count). The van der Waals surface area contributed by atoms with Gasteiger partial charge in [0, 0.05) is 36.4 Å². The first kappa shape index (κ1) is 19.5. The molecule has 1 aromatic heterocycles. The first-order valence-corrected chi connectivity index (χ1v) is 8.89. The van der Waals surface area contributed by atoms with Crippen LogP contribution >= 0.6 is 0 Å². The van der Waals surface area contributed by atoms with Crippen LogP contribution in [0.5, 0.6) is 11.5 Å². The lowest BCUT2D eigenvalue weighted by Gasteiger charge is -2.15. The van der Waals surface area contributed by atoms with Gasteiger partial charge in [0.2, 0.25) is 5.91 Å². The molecule has 1 heterocycles. The smallest absolute Gasteiger partial charge is 0.341 e. The van der Waals surface area contributed by atoms with Crippen LogP contribution in [0.15, 0.2) is 30.5 Å². The Morgan fingerprint density at radius 3 is 2.57 bits per heavy atom. The topological polar surface area (TPSA) is 98.8 Å². The van der Waals surface area contributed by atoms with E-state index in [0.717, 1.165) is 18.4 Å². The Hall–Kier alpha value is -3.29. The molecular formula is C20H23N3O5. The van der Waals surface area contributed by atoms with Crippen LogP contribution in [0.4, 0.5) is 11.5 Å². The Morgan fingerprint density at radius 2 is 1.93 bits per heavy atom. The van der Waals surface area contributed by atoms with Gasteiger partial charge in [0.25, 0.3) is 0 Å². The largest absolute Gasteiger partial charge is 0.497 e. The van der Waals surface area contributed by atoms with Crippen LogP contribution in [0, 0.1) is 5.92 Å². The highest BCUT2D eigenvalue weighted by molar-refractivity contribution is 5.97. The molecule has 2 N–H and O–H groups in total. The van der Waals surface area contributed by atoms with Crippen LogP contribution in [-0.2, 0) is 16.1 Å². The van der Waals surface area contributed by atoms with Crippen molar-refractivity contribution < 1.29 is 23.8 Å². The maximum atomic E-state index is 12.1. The molecule has 148 valence electrons. The summed E-state index contributed by atoms with van der Waals surface area (Å²) in [6.07, 6.45) is 3.19. The lowest BCUT2D eigenvalue weighted by Crippen LogP contribution is -2.16. The van der Waals surface area contributed by atoms with Crippen molar-refractivity contribution in [1.82, 2.24) is 4.98 Å². The van der Waals surface area contributed by atoms with Gasteiger partial charge in [-0.1, -0.05) is 0 Å². The number of carbonyl (C=O) groups is 2. The summed E-state index contributed by atoms with van der Waals surface area (Å²) in [7, 11) is 4.47. The number of nitrogens with one attached hydrogen (secondary N) is 2. The van der Waals surface area contributed by atoms with Gasteiger partial charge in [0.1, 0.15) is 22.9 Å². The molecule has 1 fully saturated rings. The van der Waals surface area contributed by atoms with E-state index in [9.17, 15) is 9.59 Å². The van der Waals surface area contributed by atoms with Gasteiger partial charge >= 0.3 is 5.97 Å². The summed E-state index contributed by atoms with van der Waals surface area (Å²) < 4.78 is 15.4. The molecule has 8 heteroatoms. The summed E-state index contributed by atoms with van der Waals surface area (Å²) in [6.45, 7) is 0.386. The maximum absolute atomic E-state index is 12.1. The lowest BCUT2D eigenvalue weighted by atomic mass is 10.1. The lowest BCUT2D eigenvalue weighted by molar-refractivity contribution is -0.117. The standard InChI is InChI=1S/C20H23N3O5/c1-26-14-7-6-13(17(8-14)27-2)10-21-16-9-18(23-19(24)12-4-5-12)22-11-15(16)20(25)28-3/h6-9,11-12H,4-5,10H2,1-3H3,(H2,21,22,23,24). The van der Waals surface area contributed by atoms with Crippen molar-refractivity contribution in [2.75, 3.05) is 32.0 Å². The van der Waals surface area contributed by atoms with Gasteiger partial charge in [-0.3, -0.25) is 4.79 Å². The predicted octanol–water partition coefficient (Wildman–Crippen LogP) is 2.85. The zero-order chi connectivity index (χ0) is 20.1. The van der Waals surface area contributed by atoms with E-state index in [1.54, 1.807) is 26.4 Å². The highest BCUT2D eigenvalue weighted by Gasteiger charge is 2.30. The van der Waals surface area contributed by atoms with Crippen molar-refractivity contribution >= 4 is 23.4 Å². The molecule has 1 aliphatic rings. The van der Waals surface area contributed by atoms with Gasteiger partial charge in [0.15, 0.2) is 0 Å². The highest BCUT2D eigenvalue weighted by atomic mass is 16.5. The van der Waals surface area contributed by atoms with Gasteiger partial charge in [-0.25, -0.2) is 9.78 Å². The fourth-order valence-electron chi connectivity index (χ4n) is 2.70. The third kappa shape index (κ3) is 4.51. The molecule has 1 amide bonds. The fraction of sp³-hybridized carbons (Fsp3) is 0.350. The minimum Gasteiger partial charge on any atom is -0.497 e. The molecule has 0 aliphatic heterocycles. The molecule has 1 aromatic carbocycles. The van der Waals surface area contributed by atoms with E-state index in [1.165, 1.54) is 13.3 Å². The van der Waals surface area contributed by atoms with Gasteiger partial charge in [-0.2, -0.15) is 0 Å². The van der Waals surface area contributed by atoms with Crippen LogP contribution in [0.25, 0.3) is 0 Å².